The van der Waals surface area contributed by atoms with Crippen LogP contribution in [0, 0.1) is 0 Å². The lowest BCUT2D eigenvalue weighted by Crippen LogP contribution is -1.58. The van der Waals surface area contributed by atoms with E-state index in [9.17, 15) is 0 Å². The summed E-state index contributed by atoms with van der Waals surface area (Å²) in [6.07, 6.45) is 0. The van der Waals surface area contributed by atoms with Gasteiger partial charge in [0.25, 0.3) is 0 Å². The van der Waals surface area contributed by atoms with E-state index in [0.717, 1.165) is 8.95 Å². The van der Waals surface area contributed by atoms with Gasteiger partial charge in [0.15, 0.2) is 0 Å². The molecule has 0 saturated carbocycles. The summed E-state index contributed by atoms with van der Waals surface area (Å²) in [5.41, 5.74) is 0. The zero-order valence-corrected chi connectivity index (χ0v) is 14.1. The van der Waals surface area contributed by atoms with E-state index in [1.165, 1.54) is 19.5 Å². The minimum absolute atomic E-state index is 1.16. The molecule has 0 radical (unpaired) electrons. The maximum Gasteiger partial charge on any atom is 0.0454 e. The van der Waals surface area contributed by atoms with Gasteiger partial charge in [-0.3, -0.25) is 0 Å². The Kier molecular flexibility index (Phi) is 3.54. The van der Waals surface area contributed by atoms with Crippen LogP contribution in [-0.2, 0) is 0 Å². The van der Waals surface area contributed by atoms with Gasteiger partial charge in [0.1, 0.15) is 0 Å². The van der Waals surface area contributed by atoms with E-state index in [0.29, 0.717) is 0 Å². The van der Waals surface area contributed by atoms with Crippen LogP contribution >= 0.6 is 65.9 Å². The van der Waals surface area contributed by atoms with Crippen molar-refractivity contribution in [2.75, 3.05) is 0 Å². The highest BCUT2D eigenvalue weighted by Gasteiger charge is 2.08. The maximum absolute atomic E-state index is 3.50. The normalized spacial score (nSPS) is 10.9. The molecule has 3 aromatic rings. The van der Waals surface area contributed by atoms with Gasteiger partial charge in [-0.25, -0.2) is 0 Å². The van der Waals surface area contributed by atoms with Gasteiger partial charge in [-0.05, 0) is 56.1 Å². The molecule has 0 N–H and O–H groups in total. The smallest absolute Gasteiger partial charge is 0.0454 e. The van der Waals surface area contributed by atoms with Gasteiger partial charge in [-0.2, -0.15) is 0 Å². The van der Waals surface area contributed by atoms with Gasteiger partial charge >= 0.3 is 0 Å². The van der Waals surface area contributed by atoms with Crippen molar-refractivity contribution in [1.29, 1.82) is 0 Å². The Morgan fingerprint density at radius 2 is 1.18 bits per heavy atom. The topological polar surface area (TPSA) is 0 Å². The van der Waals surface area contributed by atoms with E-state index >= 15 is 0 Å². The lowest BCUT2D eigenvalue weighted by molar-refractivity contribution is 1.85. The maximum atomic E-state index is 3.50. The molecule has 5 heteroatoms. The Labute approximate surface area is 128 Å². The number of thiophene rings is 3. The minimum atomic E-state index is 1.16. The second-order valence-electron chi connectivity index (χ2n) is 3.42. The summed E-state index contributed by atoms with van der Waals surface area (Å²) in [4.78, 5) is 5.31. The SMILES string of the molecule is Brc1csc(-c2ccc(-c3cc(Br)cs3)s2)c1. The van der Waals surface area contributed by atoms with Crippen molar-refractivity contribution in [3.05, 3.63) is 44.0 Å². The van der Waals surface area contributed by atoms with Gasteiger partial charge < -0.3 is 0 Å². The predicted molar refractivity (Wildman–Crippen MR) is 86.3 cm³/mol. The molecule has 0 aliphatic rings. The summed E-state index contributed by atoms with van der Waals surface area (Å²) in [6.45, 7) is 0. The summed E-state index contributed by atoms with van der Waals surface area (Å²) in [5.74, 6) is 0. The Morgan fingerprint density at radius 1 is 0.706 bits per heavy atom. The molecule has 0 aromatic carbocycles. The zero-order valence-electron chi connectivity index (χ0n) is 8.44. The Hall–Kier alpha value is 0.0600. The van der Waals surface area contributed by atoms with Crippen LogP contribution in [-0.4, -0.2) is 0 Å². The standard InChI is InChI=1S/C12H6Br2S3/c13-7-3-11(15-5-7)9-1-2-10(17-9)12-4-8(14)6-16-12/h1-6H. The molecule has 0 nitrogen and oxygen atoms in total. The van der Waals surface area contributed by atoms with Crippen LogP contribution < -0.4 is 0 Å². The first kappa shape index (κ1) is 12.1. The average molecular weight is 406 g/mol. The second-order valence-corrected chi connectivity index (χ2v) is 8.16. The number of hydrogen-bond donors (Lipinski definition) is 0. The zero-order chi connectivity index (χ0) is 11.8. The number of rotatable bonds is 2. The first-order valence-electron chi connectivity index (χ1n) is 4.81. The van der Waals surface area contributed by atoms with E-state index in [1.54, 1.807) is 22.7 Å². The molecular weight excluding hydrogens is 400 g/mol. The molecule has 0 atom stereocenters. The van der Waals surface area contributed by atoms with Crippen molar-refractivity contribution in [2.24, 2.45) is 0 Å². The van der Waals surface area contributed by atoms with Crippen molar-refractivity contribution >= 4 is 65.9 Å². The fraction of sp³-hybridized carbons (Fsp3) is 0. The molecule has 0 unspecified atom stereocenters. The molecule has 3 aromatic heterocycles. The van der Waals surface area contributed by atoms with E-state index < -0.39 is 0 Å². The van der Waals surface area contributed by atoms with E-state index in [2.05, 4.69) is 66.9 Å². The summed E-state index contributed by atoms with van der Waals surface area (Å²) >= 11 is 12.4. The number of hydrogen-bond acceptors (Lipinski definition) is 3. The van der Waals surface area contributed by atoms with Crippen LogP contribution in [0.2, 0.25) is 0 Å². The molecule has 17 heavy (non-hydrogen) atoms. The van der Waals surface area contributed by atoms with Gasteiger partial charge in [0.05, 0.1) is 0 Å². The lowest BCUT2D eigenvalue weighted by Gasteiger charge is -1.89. The minimum Gasteiger partial charge on any atom is -0.142 e. The second kappa shape index (κ2) is 4.97. The molecule has 0 amide bonds. The van der Waals surface area contributed by atoms with Crippen LogP contribution in [0.25, 0.3) is 19.5 Å². The third-order valence-corrected chi connectivity index (χ3v) is 7.09. The molecule has 0 saturated heterocycles. The highest BCUT2D eigenvalue weighted by Crippen LogP contribution is 2.40. The largest absolute Gasteiger partial charge is 0.142 e. The van der Waals surface area contributed by atoms with Gasteiger partial charge in [0, 0.05) is 39.2 Å². The van der Waals surface area contributed by atoms with Crippen molar-refractivity contribution in [3.8, 4) is 19.5 Å². The third-order valence-electron chi connectivity index (χ3n) is 2.23. The molecule has 3 heterocycles. The molecule has 3 rings (SSSR count). The number of halogens is 2. The summed E-state index contributed by atoms with van der Waals surface area (Å²) in [7, 11) is 0. The molecule has 86 valence electrons. The van der Waals surface area contributed by atoms with Crippen molar-refractivity contribution in [2.45, 2.75) is 0 Å². The van der Waals surface area contributed by atoms with Crippen LogP contribution in [0.3, 0.4) is 0 Å². The molecule has 0 aliphatic heterocycles. The van der Waals surface area contributed by atoms with Crippen molar-refractivity contribution in [3.63, 3.8) is 0 Å². The molecule has 0 bridgehead atoms. The first-order chi connectivity index (χ1) is 8.22. The predicted octanol–water partition coefficient (Wildman–Crippen LogP) is 6.73. The molecule has 0 spiro atoms. The highest BCUT2D eigenvalue weighted by atomic mass is 79.9. The van der Waals surface area contributed by atoms with Crippen molar-refractivity contribution < 1.29 is 0 Å². The molecule has 0 aliphatic carbocycles. The third kappa shape index (κ3) is 2.58. The Balaban J connectivity index is 1.98. The van der Waals surface area contributed by atoms with Crippen LogP contribution in [0.1, 0.15) is 0 Å². The van der Waals surface area contributed by atoms with Gasteiger partial charge in [-0.15, -0.1) is 34.0 Å². The van der Waals surface area contributed by atoms with E-state index in [1.807, 2.05) is 11.3 Å². The molecular formula is C12H6Br2S3. The lowest BCUT2D eigenvalue weighted by atomic mass is 10.3. The van der Waals surface area contributed by atoms with Crippen LogP contribution in [0.5, 0.6) is 0 Å². The van der Waals surface area contributed by atoms with Crippen LogP contribution in [0.15, 0.2) is 44.0 Å². The monoisotopic (exact) mass is 404 g/mol. The quantitative estimate of drug-likeness (QED) is 0.443. The fourth-order valence-electron chi connectivity index (χ4n) is 1.49. The summed E-state index contributed by atoms with van der Waals surface area (Å²) in [6, 6.07) is 8.74. The van der Waals surface area contributed by atoms with Gasteiger partial charge in [-0.1, -0.05) is 0 Å². The Morgan fingerprint density at radius 3 is 1.53 bits per heavy atom. The fourth-order valence-corrected chi connectivity index (χ4v) is 5.55. The summed E-state index contributed by atoms with van der Waals surface area (Å²) < 4.78 is 2.32. The Bertz CT molecular complexity index is 593. The van der Waals surface area contributed by atoms with Gasteiger partial charge in [0.2, 0.25) is 0 Å². The highest BCUT2D eigenvalue weighted by molar-refractivity contribution is 9.10. The summed E-state index contributed by atoms with van der Waals surface area (Å²) in [5, 5.41) is 4.24. The van der Waals surface area contributed by atoms with E-state index in [-0.39, 0.29) is 0 Å². The molecule has 0 fully saturated rings. The van der Waals surface area contributed by atoms with Crippen molar-refractivity contribution in [1.82, 2.24) is 0 Å². The van der Waals surface area contributed by atoms with E-state index in [4.69, 9.17) is 0 Å². The average Bonchev–Trinajstić information content (AvgIpc) is 2.96. The van der Waals surface area contributed by atoms with Crippen LogP contribution in [0.4, 0.5) is 0 Å². The first-order valence-corrected chi connectivity index (χ1v) is 8.97.